The number of aromatic nitrogens is 2. The zero-order chi connectivity index (χ0) is 14.7. The molecule has 0 radical (unpaired) electrons. The lowest BCUT2D eigenvalue weighted by molar-refractivity contribution is 0.00578. The molecule has 0 unspecified atom stereocenters. The summed E-state index contributed by atoms with van der Waals surface area (Å²) in [5.41, 5.74) is 7.93. The number of rotatable bonds is 2. The monoisotopic (exact) mass is 275 g/mol. The van der Waals surface area contributed by atoms with Gasteiger partial charge in [0.2, 0.25) is 5.95 Å². The van der Waals surface area contributed by atoms with Crippen molar-refractivity contribution in [2.24, 2.45) is 0 Å². The molecule has 2 heterocycles. The van der Waals surface area contributed by atoms with Crippen molar-refractivity contribution in [3.05, 3.63) is 11.4 Å². The Hall–Kier alpha value is -1.14. The van der Waals surface area contributed by atoms with Gasteiger partial charge in [-0.15, -0.1) is 0 Å². The Balaban J connectivity index is 2.03. The van der Waals surface area contributed by atoms with E-state index in [1.54, 1.807) is 0 Å². The highest BCUT2D eigenvalue weighted by Gasteiger charge is 2.53. The van der Waals surface area contributed by atoms with E-state index in [9.17, 15) is 0 Å². The van der Waals surface area contributed by atoms with Crippen LogP contribution in [0, 0.1) is 6.92 Å². The summed E-state index contributed by atoms with van der Waals surface area (Å²) in [4.78, 5) is 8.73. The number of aryl methyl sites for hydroxylation is 1. The second kappa shape index (κ2) is 4.18. The first-order chi connectivity index (χ1) is 9.21. The van der Waals surface area contributed by atoms with Crippen LogP contribution >= 0.6 is 0 Å². The van der Waals surface area contributed by atoms with Crippen LogP contribution < -0.4 is 11.2 Å². The molecule has 0 aromatic carbocycles. The van der Waals surface area contributed by atoms with E-state index in [2.05, 4.69) is 37.7 Å². The lowest BCUT2D eigenvalue weighted by Gasteiger charge is -2.32. The van der Waals surface area contributed by atoms with E-state index in [0.717, 1.165) is 29.7 Å². The molecular weight excluding hydrogens is 253 g/mol. The lowest BCUT2D eigenvalue weighted by Crippen LogP contribution is -2.41. The van der Waals surface area contributed by atoms with Gasteiger partial charge >= 0.3 is 7.12 Å². The second-order valence-electron chi connectivity index (χ2n) is 6.83. The summed E-state index contributed by atoms with van der Waals surface area (Å²) >= 11 is 0. The number of nitrogens with two attached hydrogens (primary N) is 1. The molecule has 0 atom stereocenters. The molecule has 2 fully saturated rings. The number of nitrogen functional groups attached to an aromatic ring is 1. The highest BCUT2D eigenvalue weighted by molar-refractivity contribution is 6.63. The summed E-state index contributed by atoms with van der Waals surface area (Å²) in [7, 11) is -0.406. The smallest absolute Gasteiger partial charge is 0.399 e. The largest absolute Gasteiger partial charge is 0.498 e. The summed E-state index contributed by atoms with van der Waals surface area (Å²) < 4.78 is 12.3. The van der Waals surface area contributed by atoms with Crippen LogP contribution in [0.2, 0.25) is 0 Å². The zero-order valence-electron chi connectivity index (χ0n) is 12.9. The first kappa shape index (κ1) is 13.8. The molecule has 2 aliphatic rings. The van der Waals surface area contributed by atoms with Crippen LogP contribution in [0.1, 0.15) is 57.8 Å². The number of anilines is 1. The van der Waals surface area contributed by atoms with Crippen LogP contribution in [0.15, 0.2) is 0 Å². The van der Waals surface area contributed by atoms with Gasteiger partial charge in [-0.3, -0.25) is 0 Å². The molecule has 1 aliphatic heterocycles. The molecule has 0 amide bonds. The average molecular weight is 275 g/mol. The predicted molar refractivity (Wildman–Crippen MR) is 78.9 cm³/mol. The van der Waals surface area contributed by atoms with Gasteiger partial charge in [-0.2, -0.15) is 0 Å². The summed E-state index contributed by atoms with van der Waals surface area (Å²) in [6, 6.07) is 0. The first-order valence-electron chi connectivity index (χ1n) is 7.21. The van der Waals surface area contributed by atoms with Crippen molar-refractivity contribution in [3.63, 3.8) is 0 Å². The average Bonchev–Trinajstić information content (AvgIpc) is 3.06. The molecule has 1 saturated carbocycles. The van der Waals surface area contributed by atoms with Gasteiger partial charge in [-0.05, 0) is 47.5 Å². The van der Waals surface area contributed by atoms with E-state index in [1.165, 1.54) is 0 Å². The van der Waals surface area contributed by atoms with Crippen molar-refractivity contribution in [1.82, 2.24) is 9.97 Å². The van der Waals surface area contributed by atoms with E-state index in [0.29, 0.717) is 11.9 Å². The Morgan fingerprint density at radius 1 is 1.10 bits per heavy atom. The maximum atomic E-state index is 6.15. The molecule has 3 rings (SSSR count). The van der Waals surface area contributed by atoms with Gasteiger partial charge in [0.15, 0.2) is 0 Å². The third-order valence-electron chi connectivity index (χ3n) is 4.64. The van der Waals surface area contributed by atoms with Gasteiger partial charge in [0, 0.05) is 22.8 Å². The highest BCUT2D eigenvalue weighted by atomic mass is 16.7. The van der Waals surface area contributed by atoms with E-state index in [4.69, 9.17) is 15.0 Å². The fourth-order valence-corrected chi connectivity index (χ4v) is 2.55. The van der Waals surface area contributed by atoms with Crippen molar-refractivity contribution in [2.45, 2.75) is 64.6 Å². The van der Waals surface area contributed by atoms with Crippen molar-refractivity contribution in [3.8, 4) is 0 Å². The van der Waals surface area contributed by atoms with E-state index in [1.807, 2.05) is 6.92 Å². The molecule has 0 bridgehead atoms. The van der Waals surface area contributed by atoms with Crippen LogP contribution in [0.25, 0.3) is 0 Å². The van der Waals surface area contributed by atoms with E-state index in [-0.39, 0.29) is 11.2 Å². The Labute approximate surface area is 120 Å². The Morgan fingerprint density at radius 3 is 2.15 bits per heavy atom. The fourth-order valence-electron chi connectivity index (χ4n) is 2.55. The maximum absolute atomic E-state index is 6.15. The first-order valence-corrected chi connectivity index (χ1v) is 7.21. The molecule has 108 valence electrons. The number of nitrogens with zero attached hydrogens (tertiary/aromatic N) is 2. The molecule has 1 saturated heterocycles. The lowest BCUT2D eigenvalue weighted by atomic mass is 9.75. The van der Waals surface area contributed by atoms with Crippen LogP contribution in [0.3, 0.4) is 0 Å². The topological polar surface area (TPSA) is 70.3 Å². The Kier molecular flexibility index (Phi) is 2.89. The van der Waals surface area contributed by atoms with Gasteiger partial charge in [0.25, 0.3) is 0 Å². The molecule has 1 aromatic rings. The third kappa shape index (κ3) is 2.11. The minimum atomic E-state index is -0.406. The van der Waals surface area contributed by atoms with Gasteiger partial charge in [0.05, 0.1) is 11.2 Å². The van der Waals surface area contributed by atoms with E-state index >= 15 is 0 Å². The summed E-state index contributed by atoms with van der Waals surface area (Å²) in [6.07, 6.45) is 2.31. The summed E-state index contributed by atoms with van der Waals surface area (Å²) in [5.74, 6) is 0.817. The van der Waals surface area contributed by atoms with Crippen LogP contribution in [-0.4, -0.2) is 28.3 Å². The molecule has 5 nitrogen and oxygen atoms in total. The van der Waals surface area contributed by atoms with Crippen molar-refractivity contribution in [1.29, 1.82) is 0 Å². The van der Waals surface area contributed by atoms with Gasteiger partial charge in [-0.1, -0.05) is 0 Å². The standard InChI is InChI=1S/C14H22BN3O2/c1-8-10(11(9-6-7-9)18-12(16)17-8)15-19-13(2,3)14(4,5)20-15/h9H,6-7H2,1-5H3,(H2,16,17,18). The molecular formula is C14H22BN3O2. The Bertz CT molecular complexity index is 540. The van der Waals surface area contributed by atoms with Crippen molar-refractivity contribution < 1.29 is 9.31 Å². The minimum absolute atomic E-state index is 0.338. The quantitative estimate of drug-likeness (QED) is 0.829. The fraction of sp³-hybridized carbons (Fsp3) is 0.714. The molecule has 2 N–H and O–H groups in total. The van der Waals surface area contributed by atoms with Gasteiger partial charge in [-0.25, -0.2) is 9.97 Å². The molecule has 1 aromatic heterocycles. The summed E-state index contributed by atoms with van der Waals surface area (Å²) in [5, 5.41) is 0. The molecule has 20 heavy (non-hydrogen) atoms. The van der Waals surface area contributed by atoms with Crippen LogP contribution in [0.5, 0.6) is 0 Å². The van der Waals surface area contributed by atoms with E-state index < -0.39 is 7.12 Å². The predicted octanol–water partition coefficient (Wildman–Crippen LogP) is 1.54. The van der Waals surface area contributed by atoms with Crippen molar-refractivity contribution >= 4 is 18.5 Å². The number of hydrogen-bond donors (Lipinski definition) is 1. The van der Waals surface area contributed by atoms with Crippen LogP contribution in [0.4, 0.5) is 5.95 Å². The van der Waals surface area contributed by atoms with Gasteiger partial charge < -0.3 is 15.0 Å². The van der Waals surface area contributed by atoms with Crippen LogP contribution in [-0.2, 0) is 9.31 Å². The van der Waals surface area contributed by atoms with Gasteiger partial charge in [0.1, 0.15) is 0 Å². The highest BCUT2D eigenvalue weighted by Crippen LogP contribution is 2.41. The summed E-state index contributed by atoms with van der Waals surface area (Å²) in [6.45, 7) is 10.2. The SMILES string of the molecule is Cc1nc(N)nc(C2CC2)c1B1OC(C)(C)C(C)(C)O1. The normalized spacial score (nSPS) is 24.1. The Morgan fingerprint density at radius 2 is 1.65 bits per heavy atom. The number of hydrogen-bond acceptors (Lipinski definition) is 5. The molecule has 0 spiro atoms. The van der Waals surface area contributed by atoms with Crippen molar-refractivity contribution in [2.75, 3.05) is 5.73 Å². The second-order valence-corrected chi connectivity index (χ2v) is 6.83. The maximum Gasteiger partial charge on any atom is 0.498 e. The minimum Gasteiger partial charge on any atom is -0.399 e. The molecule has 1 aliphatic carbocycles. The third-order valence-corrected chi connectivity index (χ3v) is 4.64. The zero-order valence-corrected chi connectivity index (χ0v) is 12.9. The molecule has 6 heteroatoms.